The molecule has 0 spiro atoms. The number of hydrogen-bond donors (Lipinski definition) is 2. The molecule has 1 atom stereocenters. The molecule has 0 bridgehead atoms. The highest BCUT2D eigenvalue weighted by atomic mass is 32.2. The van der Waals surface area contributed by atoms with Crippen LogP contribution in [0, 0.1) is 5.92 Å². The maximum absolute atomic E-state index is 12.1. The molecule has 0 aromatic carbocycles. The highest BCUT2D eigenvalue weighted by Gasteiger charge is 2.30. The number of likely N-dealkylation sites (tertiary alicyclic amines) is 1. The Balaban J connectivity index is 1.74. The number of amides is 1. The van der Waals surface area contributed by atoms with Gasteiger partial charge in [0.2, 0.25) is 5.91 Å². The van der Waals surface area contributed by atoms with Crippen LogP contribution in [0.25, 0.3) is 0 Å². The van der Waals surface area contributed by atoms with Gasteiger partial charge in [0.15, 0.2) is 10.0 Å². The fourth-order valence-electron chi connectivity index (χ4n) is 2.63. The van der Waals surface area contributed by atoms with E-state index in [2.05, 4.69) is 24.1 Å². The van der Waals surface area contributed by atoms with E-state index in [4.69, 9.17) is 5.11 Å². The Hall–Kier alpha value is -1.12. The second kappa shape index (κ2) is 9.39. The number of carbonyl (C=O) groups excluding carboxylic acids is 1. The molecule has 1 aromatic rings. The number of rotatable bonds is 10. The molecule has 0 radical (unpaired) electrons. The molecular weight excluding hydrogens is 346 g/mol. The number of carbonyl (C=O) groups is 2. The van der Waals surface area contributed by atoms with Gasteiger partial charge in [-0.2, -0.15) is 0 Å². The summed E-state index contributed by atoms with van der Waals surface area (Å²) in [4.78, 5) is 28.9. The molecule has 6 nitrogen and oxygen atoms in total. The maximum atomic E-state index is 12.1. The third kappa shape index (κ3) is 5.75. The Morgan fingerprint density at radius 1 is 1.58 bits per heavy atom. The summed E-state index contributed by atoms with van der Waals surface area (Å²) in [5.74, 6) is 0.641. The Morgan fingerprint density at radius 2 is 2.38 bits per heavy atom. The van der Waals surface area contributed by atoms with Gasteiger partial charge in [0.25, 0.3) is 0 Å². The van der Waals surface area contributed by atoms with Crippen LogP contribution in [0.15, 0.2) is 9.72 Å². The van der Waals surface area contributed by atoms with Gasteiger partial charge in [-0.15, -0.1) is 11.3 Å². The lowest BCUT2D eigenvalue weighted by molar-refractivity contribution is -0.128. The number of aromatic nitrogens is 1. The van der Waals surface area contributed by atoms with Crippen molar-refractivity contribution in [2.45, 2.75) is 43.5 Å². The van der Waals surface area contributed by atoms with Crippen molar-refractivity contribution in [3.8, 4) is 0 Å². The number of nitrogens with zero attached hydrogens (tertiary/aromatic N) is 2. The first-order valence-corrected chi connectivity index (χ1v) is 10.2. The number of aromatic carboxylic acids is 1. The Bertz CT molecular complexity index is 563. The number of carboxylic acid groups (broad SMARTS) is 1. The molecule has 1 unspecified atom stereocenters. The Morgan fingerprint density at radius 3 is 3.04 bits per heavy atom. The molecule has 2 heterocycles. The highest BCUT2D eigenvalue weighted by molar-refractivity contribution is 8.01. The predicted molar refractivity (Wildman–Crippen MR) is 96.9 cm³/mol. The minimum atomic E-state index is -1.000. The summed E-state index contributed by atoms with van der Waals surface area (Å²) in [7, 11) is 0. The molecule has 134 valence electrons. The lowest BCUT2D eigenvalue weighted by Gasteiger charge is -2.25. The van der Waals surface area contributed by atoms with E-state index in [0.29, 0.717) is 18.9 Å². The van der Waals surface area contributed by atoms with Gasteiger partial charge >= 0.3 is 5.97 Å². The van der Waals surface area contributed by atoms with E-state index in [0.717, 1.165) is 36.0 Å². The second-order valence-corrected chi connectivity index (χ2v) is 8.52. The molecule has 1 aromatic heterocycles. The van der Waals surface area contributed by atoms with Gasteiger partial charge < -0.3 is 15.3 Å². The van der Waals surface area contributed by atoms with E-state index in [9.17, 15) is 9.59 Å². The van der Waals surface area contributed by atoms with Crippen molar-refractivity contribution in [3.63, 3.8) is 0 Å². The average Bonchev–Trinajstić information content (AvgIpc) is 3.12. The number of thioether (sulfide) groups is 1. The summed E-state index contributed by atoms with van der Waals surface area (Å²) < 4.78 is 0.741. The third-order valence-corrected chi connectivity index (χ3v) is 5.99. The van der Waals surface area contributed by atoms with Crippen LogP contribution in [0.4, 0.5) is 0 Å². The van der Waals surface area contributed by atoms with Crippen LogP contribution >= 0.6 is 23.1 Å². The molecule has 8 heteroatoms. The van der Waals surface area contributed by atoms with Gasteiger partial charge in [-0.05, 0) is 25.3 Å². The Kier molecular flexibility index (Phi) is 7.51. The minimum Gasteiger partial charge on any atom is -0.476 e. The summed E-state index contributed by atoms with van der Waals surface area (Å²) in [6.07, 6.45) is 2.69. The van der Waals surface area contributed by atoms with Crippen molar-refractivity contribution in [3.05, 3.63) is 11.1 Å². The fraction of sp³-hybridized carbons (Fsp3) is 0.688. The molecular formula is C16H25N3O3S2. The van der Waals surface area contributed by atoms with Crippen LogP contribution in [-0.2, 0) is 4.79 Å². The molecule has 24 heavy (non-hydrogen) atoms. The first kappa shape index (κ1) is 19.2. The van der Waals surface area contributed by atoms with Gasteiger partial charge in [-0.1, -0.05) is 25.6 Å². The molecule has 2 N–H and O–H groups in total. The predicted octanol–water partition coefficient (Wildman–Crippen LogP) is 2.56. The Labute approximate surface area is 151 Å². The SMILES string of the molecule is CC(C)CCNCC1CCC(=O)N1CCSc1nc(C(=O)O)cs1. The quantitative estimate of drug-likeness (QED) is 0.486. The summed E-state index contributed by atoms with van der Waals surface area (Å²) >= 11 is 2.85. The zero-order chi connectivity index (χ0) is 17.5. The second-order valence-electron chi connectivity index (χ2n) is 6.32. The molecule has 0 aliphatic carbocycles. The first-order chi connectivity index (χ1) is 11.5. The van der Waals surface area contributed by atoms with Crippen molar-refractivity contribution >= 4 is 35.0 Å². The van der Waals surface area contributed by atoms with Crippen LogP contribution in [-0.4, -0.2) is 58.3 Å². The van der Waals surface area contributed by atoms with E-state index < -0.39 is 5.97 Å². The van der Waals surface area contributed by atoms with Gasteiger partial charge in [-0.3, -0.25) is 4.79 Å². The van der Waals surface area contributed by atoms with Gasteiger partial charge in [0.05, 0.1) is 0 Å². The molecule has 1 saturated heterocycles. The van der Waals surface area contributed by atoms with Gasteiger partial charge in [0, 0.05) is 36.7 Å². The molecule has 2 rings (SSSR count). The topological polar surface area (TPSA) is 82.5 Å². The first-order valence-electron chi connectivity index (χ1n) is 8.29. The number of carboxylic acids is 1. The normalized spacial score (nSPS) is 17.9. The zero-order valence-electron chi connectivity index (χ0n) is 14.2. The van der Waals surface area contributed by atoms with Crippen molar-refractivity contribution in [1.82, 2.24) is 15.2 Å². The van der Waals surface area contributed by atoms with Gasteiger partial charge in [-0.25, -0.2) is 9.78 Å². The third-order valence-electron chi connectivity index (χ3n) is 3.99. The van der Waals surface area contributed by atoms with Crippen LogP contribution in [0.1, 0.15) is 43.6 Å². The standard InChI is InChI=1S/C16H25N3O3S2/c1-11(2)5-6-17-9-12-3-4-14(20)19(12)7-8-23-16-18-13(10-24-16)15(21)22/h10-12,17H,3-9H2,1-2H3,(H,21,22). The van der Waals surface area contributed by atoms with Crippen LogP contribution in [0.3, 0.4) is 0 Å². The number of thiazole rings is 1. The van der Waals surface area contributed by atoms with Crippen molar-refractivity contribution in [1.29, 1.82) is 0 Å². The van der Waals surface area contributed by atoms with Crippen molar-refractivity contribution in [2.75, 3.05) is 25.4 Å². The zero-order valence-corrected chi connectivity index (χ0v) is 15.8. The molecule has 1 aliphatic rings. The minimum absolute atomic E-state index is 0.0898. The molecule has 1 fully saturated rings. The lowest BCUT2D eigenvalue weighted by atomic mass is 10.1. The van der Waals surface area contributed by atoms with E-state index >= 15 is 0 Å². The highest BCUT2D eigenvalue weighted by Crippen LogP contribution is 2.24. The number of hydrogen-bond acceptors (Lipinski definition) is 6. The maximum Gasteiger partial charge on any atom is 0.355 e. The fourth-order valence-corrected chi connectivity index (χ4v) is 4.43. The van der Waals surface area contributed by atoms with E-state index in [1.807, 2.05) is 4.90 Å². The monoisotopic (exact) mass is 371 g/mol. The lowest BCUT2D eigenvalue weighted by Crippen LogP contribution is -2.41. The van der Waals surface area contributed by atoms with E-state index in [1.165, 1.54) is 23.1 Å². The van der Waals surface area contributed by atoms with E-state index in [-0.39, 0.29) is 17.6 Å². The summed E-state index contributed by atoms with van der Waals surface area (Å²) in [6, 6.07) is 0.274. The van der Waals surface area contributed by atoms with Crippen LogP contribution in [0.2, 0.25) is 0 Å². The molecule has 0 saturated carbocycles. The van der Waals surface area contributed by atoms with Crippen LogP contribution in [0.5, 0.6) is 0 Å². The summed E-state index contributed by atoms with van der Waals surface area (Å²) in [5.41, 5.74) is 0.0898. The molecule has 1 aliphatic heterocycles. The molecule has 1 amide bonds. The summed E-state index contributed by atoms with van der Waals surface area (Å²) in [5, 5.41) is 13.9. The van der Waals surface area contributed by atoms with Gasteiger partial charge in [0.1, 0.15) is 0 Å². The largest absolute Gasteiger partial charge is 0.476 e. The smallest absolute Gasteiger partial charge is 0.355 e. The van der Waals surface area contributed by atoms with Crippen molar-refractivity contribution < 1.29 is 14.7 Å². The average molecular weight is 372 g/mol. The van der Waals surface area contributed by atoms with Crippen molar-refractivity contribution in [2.24, 2.45) is 5.92 Å². The number of nitrogens with one attached hydrogen (secondary N) is 1. The summed E-state index contributed by atoms with van der Waals surface area (Å²) in [6.45, 7) is 6.94. The van der Waals surface area contributed by atoms with Crippen LogP contribution < -0.4 is 5.32 Å². The van der Waals surface area contributed by atoms with E-state index in [1.54, 1.807) is 5.38 Å².